The molecule has 0 aliphatic rings. The Kier molecular flexibility index (Phi) is 4.02. The summed E-state index contributed by atoms with van der Waals surface area (Å²) in [6.07, 6.45) is 3.49. The molecule has 1 unspecified atom stereocenters. The molecule has 0 saturated carbocycles. The number of primary amides is 1. The normalized spacial score (nSPS) is 11.9. The van der Waals surface area contributed by atoms with Crippen molar-refractivity contribution in [2.45, 2.75) is 13.0 Å². The number of nitrogens with zero attached hydrogens (tertiary/aromatic N) is 1. The highest BCUT2D eigenvalue weighted by Gasteiger charge is 2.09. The number of amides is 1. The van der Waals surface area contributed by atoms with Crippen molar-refractivity contribution in [3.63, 3.8) is 0 Å². The van der Waals surface area contributed by atoms with Crippen molar-refractivity contribution < 1.29 is 4.79 Å². The van der Waals surface area contributed by atoms with Gasteiger partial charge >= 0.3 is 0 Å². The number of nitrogens with two attached hydrogens (primary N) is 1. The molecule has 1 aromatic heterocycles. The number of halogens is 1. The van der Waals surface area contributed by atoms with E-state index in [1.165, 1.54) is 0 Å². The summed E-state index contributed by atoms with van der Waals surface area (Å²) in [5.41, 5.74) is 7.48. The summed E-state index contributed by atoms with van der Waals surface area (Å²) in [5.74, 6) is -0.529. The molecule has 0 aliphatic carbocycles. The minimum Gasteiger partial charge on any atom is -0.378 e. The number of pyridine rings is 1. The van der Waals surface area contributed by atoms with Gasteiger partial charge in [-0.1, -0.05) is 11.6 Å². The van der Waals surface area contributed by atoms with E-state index in [9.17, 15) is 4.79 Å². The largest absolute Gasteiger partial charge is 0.378 e. The summed E-state index contributed by atoms with van der Waals surface area (Å²) in [7, 11) is 0. The standard InChI is InChI=1S/C14H14ClN3O/c1-9(10-4-6-17-7-5-10)18-11-2-3-12(14(16)19)13(15)8-11/h2-9,18H,1H3,(H2,16,19). The molecule has 0 bridgehead atoms. The molecular formula is C14H14ClN3O. The van der Waals surface area contributed by atoms with Gasteiger partial charge in [0.2, 0.25) is 5.91 Å². The lowest BCUT2D eigenvalue weighted by atomic mass is 10.1. The van der Waals surface area contributed by atoms with Gasteiger partial charge in [0, 0.05) is 24.1 Å². The Morgan fingerprint density at radius 1 is 1.32 bits per heavy atom. The molecular weight excluding hydrogens is 262 g/mol. The molecule has 1 atom stereocenters. The van der Waals surface area contributed by atoms with Crippen molar-refractivity contribution in [1.29, 1.82) is 0 Å². The molecule has 98 valence electrons. The van der Waals surface area contributed by atoms with E-state index in [2.05, 4.69) is 10.3 Å². The van der Waals surface area contributed by atoms with Crippen LogP contribution in [-0.4, -0.2) is 10.9 Å². The molecule has 1 heterocycles. The summed E-state index contributed by atoms with van der Waals surface area (Å²) in [6, 6.07) is 9.09. The Labute approximate surface area is 116 Å². The average Bonchev–Trinajstić information content (AvgIpc) is 2.39. The van der Waals surface area contributed by atoms with E-state index in [4.69, 9.17) is 17.3 Å². The summed E-state index contributed by atoms with van der Waals surface area (Å²) in [5, 5.41) is 3.65. The molecule has 2 aromatic rings. The number of anilines is 1. The topological polar surface area (TPSA) is 68.0 Å². The van der Waals surface area contributed by atoms with Gasteiger partial charge in [-0.15, -0.1) is 0 Å². The molecule has 4 nitrogen and oxygen atoms in total. The van der Waals surface area contributed by atoms with E-state index in [0.29, 0.717) is 10.6 Å². The van der Waals surface area contributed by atoms with Crippen molar-refractivity contribution in [3.05, 3.63) is 58.9 Å². The molecule has 1 amide bonds. The maximum Gasteiger partial charge on any atom is 0.250 e. The van der Waals surface area contributed by atoms with Crippen LogP contribution in [0.3, 0.4) is 0 Å². The van der Waals surface area contributed by atoms with Gasteiger partial charge in [0.25, 0.3) is 0 Å². The molecule has 5 heteroatoms. The van der Waals surface area contributed by atoms with Crippen LogP contribution in [0.15, 0.2) is 42.7 Å². The highest BCUT2D eigenvalue weighted by atomic mass is 35.5. The van der Waals surface area contributed by atoms with Gasteiger partial charge in [-0.2, -0.15) is 0 Å². The van der Waals surface area contributed by atoms with Crippen LogP contribution in [0.25, 0.3) is 0 Å². The first-order chi connectivity index (χ1) is 9.08. The number of hydrogen-bond acceptors (Lipinski definition) is 3. The van der Waals surface area contributed by atoms with E-state index in [1.807, 2.05) is 19.1 Å². The van der Waals surface area contributed by atoms with Gasteiger partial charge in [0.1, 0.15) is 0 Å². The number of nitrogens with one attached hydrogen (secondary N) is 1. The first-order valence-corrected chi connectivity index (χ1v) is 6.21. The van der Waals surface area contributed by atoms with E-state index < -0.39 is 5.91 Å². The molecule has 3 N–H and O–H groups in total. The van der Waals surface area contributed by atoms with Gasteiger partial charge in [-0.25, -0.2) is 0 Å². The van der Waals surface area contributed by atoms with Crippen LogP contribution < -0.4 is 11.1 Å². The SMILES string of the molecule is CC(Nc1ccc(C(N)=O)c(Cl)c1)c1ccncc1. The molecule has 1 aromatic carbocycles. The van der Waals surface area contributed by atoms with Crippen molar-refractivity contribution in [2.75, 3.05) is 5.32 Å². The second-order valence-electron chi connectivity index (χ2n) is 4.21. The van der Waals surface area contributed by atoms with Gasteiger partial charge in [0.05, 0.1) is 10.6 Å². The molecule has 0 radical (unpaired) electrons. The maximum absolute atomic E-state index is 11.1. The Hall–Kier alpha value is -2.07. The molecule has 2 rings (SSSR count). The lowest BCUT2D eigenvalue weighted by Crippen LogP contribution is -2.12. The number of carbonyl (C=O) groups excluding carboxylic acids is 1. The van der Waals surface area contributed by atoms with Crippen LogP contribution in [0.2, 0.25) is 5.02 Å². The van der Waals surface area contributed by atoms with E-state index in [-0.39, 0.29) is 6.04 Å². The second kappa shape index (κ2) is 5.71. The summed E-state index contributed by atoms with van der Waals surface area (Å²) >= 11 is 6.00. The zero-order chi connectivity index (χ0) is 13.8. The fourth-order valence-corrected chi connectivity index (χ4v) is 2.06. The Bertz CT molecular complexity index is 586. The van der Waals surface area contributed by atoms with Gasteiger partial charge < -0.3 is 11.1 Å². The highest BCUT2D eigenvalue weighted by molar-refractivity contribution is 6.34. The smallest absolute Gasteiger partial charge is 0.250 e. The summed E-state index contributed by atoms with van der Waals surface area (Å²) < 4.78 is 0. The van der Waals surface area contributed by atoms with Crippen LogP contribution in [0, 0.1) is 0 Å². The van der Waals surface area contributed by atoms with Crippen LogP contribution in [0.4, 0.5) is 5.69 Å². The van der Waals surface area contributed by atoms with Crippen LogP contribution in [-0.2, 0) is 0 Å². The van der Waals surface area contributed by atoms with Gasteiger partial charge in [-0.05, 0) is 42.8 Å². The zero-order valence-corrected chi connectivity index (χ0v) is 11.2. The highest BCUT2D eigenvalue weighted by Crippen LogP contribution is 2.24. The van der Waals surface area contributed by atoms with E-state index >= 15 is 0 Å². The quantitative estimate of drug-likeness (QED) is 0.901. The molecule has 19 heavy (non-hydrogen) atoms. The molecule has 0 saturated heterocycles. The number of rotatable bonds is 4. The minimum atomic E-state index is -0.529. The van der Waals surface area contributed by atoms with Crippen molar-refractivity contribution >= 4 is 23.2 Å². The van der Waals surface area contributed by atoms with Gasteiger partial charge in [-0.3, -0.25) is 9.78 Å². The van der Waals surface area contributed by atoms with E-state index in [0.717, 1.165) is 11.3 Å². The van der Waals surface area contributed by atoms with Crippen molar-refractivity contribution in [2.24, 2.45) is 5.73 Å². The maximum atomic E-state index is 11.1. The first kappa shape index (κ1) is 13.4. The molecule has 0 fully saturated rings. The zero-order valence-electron chi connectivity index (χ0n) is 10.4. The monoisotopic (exact) mass is 275 g/mol. The van der Waals surface area contributed by atoms with Crippen LogP contribution in [0.5, 0.6) is 0 Å². The van der Waals surface area contributed by atoms with Crippen molar-refractivity contribution in [3.8, 4) is 0 Å². The average molecular weight is 276 g/mol. The Balaban J connectivity index is 2.16. The van der Waals surface area contributed by atoms with Crippen molar-refractivity contribution in [1.82, 2.24) is 4.98 Å². The third-order valence-electron chi connectivity index (χ3n) is 2.82. The Morgan fingerprint density at radius 3 is 2.58 bits per heavy atom. The third-order valence-corrected chi connectivity index (χ3v) is 3.14. The predicted octanol–water partition coefficient (Wildman–Crippen LogP) is 3.01. The minimum absolute atomic E-state index is 0.110. The third kappa shape index (κ3) is 3.23. The molecule has 0 aliphatic heterocycles. The predicted molar refractivity (Wildman–Crippen MR) is 76.2 cm³/mol. The lowest BCUT2D eigenvalue weighted by molar-refractivity contribution is 0.100. The molecule has 0 spiro atoms. The summed E-state index contributed by atoms with van der Waals surface area (Å²) in [4.78, 5) is 15.1. The number of hydrogen-bond donors (Lipinski definition) is 2. The fraction of sp³-hybridized carbons (Fsp3) is 0.143. The number of carbonyl (C=O) groups is 1. The Morgan fingerprint density at radius 2 is 2.00 bits per heavy atom. The van der Waals surface area contributed by atoms with Crippen LogP contribution in [0.1, 0.15) is 28.9 Å². The van der Waals surface area contributed by atoms with E-state index in [1.54, 1.807) is 30.6 Å². The lowest BCUT2D eigenvalue weighted by Gasteiger charge is -2.16. The van der Waals surface area contributed by atoms with Crippen LogP contribution >= 0.6 is 11.6 Å². The second-order valence-corrected chi connectivity index (χ2v) is 4.61. The number of benzene rings is 1. The van der Waals surface area contributed by atoms with Gasteiger partial charge in [0.15, 0.2) is 0 Å². The fourth-order valence-electron chi connectivity index (χ4n) is 1.79. The number of aromatic nitrogens is 1. The first-order valence-electron chi connectivity index (χ1n) is 5.83. The summed E-state index contributed by atoms with van der Waals surface area (Å²) in [6.45, 7) is 2.03.